The van der Waals surface area contributed by atoms with Crippen molar-refractivity contribution in [1.29, 1.82) is 0 Å². The molecule has 6 nitrogen and oxygen atoms in total. The summed E-state index contributed by atoms with van der Waals surface area (Å²) in [7, 11) is 1.77. The van der Waals surface area contributed by atoms with E-state index in [0.717, 1.165) is 44.9 Å². The van der Waals surface area contributed by atoms with Crippen LogP contribution >= 0.6 is 24.0 Å². The molecule has 2 rings (SSSR count). The molecular formula is C22H33IN4O2. The van der Waals surface area contributed by atoms with Gasteiger partial charge in [-0.15, -0.1) is 24.0 Å². The molecule has 0 aliphatic carbocycles. The predicted octanol–water partition coefficient (Wildman–Crippen LogP) is 3.58. The van der Waals surface area contributed by atoms with Crippen LogP contribution in [0.1, 0.15) is 37.9 Å². The van der Waals surface area contributed by atoms with Crippen LogP contribution < -0.4 is 16.2 Å². The molecule has 160 valence electrons. The molecule has 1 unspecified atom stereocenters. The second kappa shape index (κ2) is 15.0. The first-order valence-corrected chi connectivity index (χ1v) is 9.97. The Labute approximate surface area is 190 Å². The third-order valence-electron chi connectivity index (χ3n) is 4.49. The monoisotopic (exact) mass is 512 g/mol. The minimum Gasteiger partial charge on any atom is -0.374 e. The molecule has 1 atom stereocenters. The SMILES string of the molecule is CN=C(NCCCCn1ccccc1=O)NCCCOC(C)c1ccccc1.I. The molecule has 0 spiro atoms. The van der Waals surface area contributed by atoms with Gasteiger partial charge in [-0.3, -0.25) is 9.79 Å². The summed E-state index contributed by atoms with van der Waals surface area (Å²) in [6, 6.07) is 15.5. The topological polar surface area (TPSA) is 67.7 Å². The average Bonchev–Trinajstić information content (AvgIpc) is 2.73. The Hall–Kier alpha value is -1.87. The quantitative estimate of drug-likeness (QED) is 0.209. The number of nitrogens with one attached hydrogen (secondary N) is 2. The van der Waals surface area contributed by atoms with E-state index in [1.165, 1.54) is 5.56 Å². The molecule has 0 fully saturated rings. The van der Waals surface area contributed by atoms with Crippen LogP contribution in [0.4, 0.5) is 0 Å². The van der Waals surface area contributed by atoms with E-state index in [1.54, 1.807) is 23.7 Å². The number of hydrogen-bond acceptors (Lipinski definition) is 3. The zero-order valence-electron chi connectivity index (χ0n) is 17.3. The summed E-state index contributed by atoms with van der Waals surface area (Å²) in [5.41, 5.74) is 1.25. The summed E-state index contributed by atoms with van der Waals surface area (Å²) in [6.07, 6.45) is 4.76. The fraction of sp³-hybridized carbons (Fsp3) is 0.455. The molecule has 0 amide bonds. The third-order valence-corrected chi connectivity index (χ3v) is 4.49. The normalized spacial score (nSPS) is 12.1. The summed E-state index contributed by atoms with van der Waals surface area (Å²) < 4.78 is 7.62. The van der Waals surface area contributed by atoms with Crippen molar-refractivity contribution in [3.63, 3.8) is 0 Å². The van der Waals surface area contributed by atoms with Crippen LogP contribution in [0, 0.1) is 0 Å². The number of nitrogens with zero attached hydrogens (tertiary/aromatic N) is 2. The number of rotatable bonds is 11. The number of pyridine rings is 1. The van der Waals surface area contributed by atoms with Crippen LogP contribution in [0.2, 0.25) is 0 Å². The van der Waals surface area contributed by atoms with Crippen molar-refractivity contribution < 1.29 is 4.74 Å². The Morgan fingerprint density at radius 1 is 1.03 bits per heavy atom. The van der Waals surface area contributed by atoms with Gasteiger partial charge in [-0.25, -0.2) is 0 Å². The molecule has 1 heterocycles. The van der Waals surface area contributed by atoms with Crippen LogP contribution in [0.25, 0.3) is 0 Å². The Morgan fingerprint density at radius 2 is 1.72 bits per heavy atom. The molecule has 2 aromatic rings. The zero-order chi connectivity index (χ0) is 20.0. The van der Waals surface area contributed by atoms with Crippen molar-refractivity contribution in [1.82, 2.24) is 15.2 Å². The fourth-order valence-corrected chi connectivity index (χ4v) is 2.84. The van der Waals surface area contributed by atoms with Crippen molar-refractivity contribution in [2.75, 3.05) is 26.7 Å². The minimum absolute atomic E-state index is 0. The van der Waals surface area contributed by atoms with Gasteiger partial charge in [-0.1, -0.05) is 36.4 Å². The lowest BCUT2D eigenvalue weighted by Crippen LogP contribution is -2.38. The Balaban J connectivity index is 0.00000420. The van der Waals surface area contributed by atoms with Gasteiger partial charge in [-0.05, 0) is 37.8 Å². The van der Waals surface area contributed by atoms with Gasteiger partial charge in [0, 0.05) is 45.6 Å². The largest absolute Gasteiger partial charge is 0.374 e. The third kappa shape index (κ3) is 9.94. The van der Waals surface area contributed by atoms with Crippen molar-refractivity contribution in [2.24, 2.45) is 4.99 Å². The van der Waals surface area contributed by atoms with Crippen LogP contribution in [0.3, 0.4) is 0 Å². The van der Waals surface area contributed by atoms with Gasteiger partial charge in [0.1, 0.15) is 0 Å². The molecule has 2 N–H and O–H groups in total. The number of halogens is 1. The van der Waals surface area contributed by atoms with Gasteiger partial charge in [0.2, 0.25) is 5.56 Å². The highest BCUT2D eigenvalue weighted by Gasteiger charge is 2.04. The summed E-state index contributed by atoms with van der Waals surface area (Å²) in [5.74, 6) is 0.799. The molecule has 1 aromatic carbocycles. The Morgan fingerprint density at radius 3 is 2.41 bits per heavy atom. The average molecular weight is 512 g/mol. The van der Waals surface area contributed by atoms with Gasteiger partial charge in [-0.2, -0.15) is 0 Å². The smallest absolute Gasteiger partial charge is 0.250 e. The van der Waals surface area contributed by atoms with Gasteiger partial charge in [0.15, 0.2) is 5.96 Å². The molecule has 0 saturated heterocycles. The molecule has 0 bridgehead atoms. The Kier molecular flexibility index (Phi) is 13.0. The van der Waals surface area contributed by atoms with Crippen LogP contribution in [-0.2, 0) is 11.3 Å². The minimum atomic E-state index is 0. The van der Waals surface area contributed by atoms with Crippen molar-refractivity contribution in [2.45, 2.75) is 38.8 Å². The van der Waals surface area contributed by atoms with E-state index >= 15 is 0 Å². The molecule has 7 heteroatoms. The van der Waals surface area contributed by atoms with Crippen molar-refractivity contribution in [3.05, 3.63) is 70.6 Å². The number of guanidine groups is 1. The maximum absolute atomic E-state index is 11.6. The fourth-order valence-electron chi connectivity index (χ4n) is 2.84. The summed E-state index contributed by atoms with van der Waals surface area (Å²) in [5, 5.41) is 6.61. The van der Waals surface area contributed by atoms with Crippen LogP contribution in [-0.4, -0.2) is 37.3 Å². The van der Waals surface area contributed by atoms with E-state index in [0.29, 0.717) is 6.61 Å². The second-order valence-electron chi connectivity index (χ2n) is 6.64. The summed E-state index contributed by atoms with van der Waals surface area (Å²) in [6.45, 7) is 5.15. The lowest BCUT2D eigenvalue weighted by Gasteiger charge is -2.15. The lowest BCUT2D eigenvalue weighted by molar-refractivity contribution is 0.0646. The second-order valence-corrected chi connectivity index (χ2v) is 6.64. The number of unbranched alkanes of at least 4 members (excludes halogenated alkanes) is 1. The molecule has 0 aliphatic rings. The predicted molar refractivity (Wildman–Crippen MR) is 130 cm³/mol. The number of benzene rings is 1. The van der Waals surface area contributed by atoms with E-state index in [9.17, 15) is 4.79 Å². The van der Waals surface area contributed by atoms with E-state index in [-0.39, 0.29) is 35.6 Å². The number of aryl methyl sites for hydroxylation is 1. The first-order chi connectivity index (χ1) is 13.7. The summed E-state index contributed by atoms with van der Waals surface area (Å²) >= 11 is 0. The van der Waals surface area contributed by atoms with Crippen molar-refractivity contribution in [3.8, 4) is 0 Å². The highest BCUT2D eigenvalue weighted by Crippen LogP contribution is 2.15. The number of aliphatic imine (C=N–C) groups is 1. The molecule has 0 aliphatic heterocycles. The highest BCUT2D eigenvalue weighted by atomic mass is 127. The van der Waals surface area contributed by atoms with Crippen LogP contribution in [0.5, 0.6) is 0 Å². The lowest BCUT2D eigenvalue weighted by atomic mass is 10.1. The zero-order valence-corrected chi connectivity index (χ0v) is 19.7. The number of ether oxygens (including phenoxy) is 1. The van der Waals surface area contributed by atoms with E-state index in [4.69, 9.17) is 4.74 Å². The highest BCUT2D eigenvalue weighted by molar-refractivity contribution is 14.0. The molecule has 1 aromatic heterocycles. The molecular weight excluding hydrogens is 479 g/mol. The summed E-state index contributed by atoms with van der Waals surface area (Å²) in [4.78, 5) is 15.9. The molecule has 0 saturated carbocycles. The van der Waals surface area contributed by atoms with Gasteiger partial charge >= 0.3 is 0 Å². The standard InChI is InChI=1S/C22H32N4O2.HI/c1-19(20-11-4-3-5-12-20)28-18-10-15-25-22(23-2)24-14-7-9-17-26-16-8-6-13-21(26)27;/h3-6,8,11-13,16,19H,7,9-10,14-15,17-18H2,1-2H3,(H2,23,24,25);1H. The van der Waals surface area contributed by atoms with Gasteiger partial charge in [0.05, 0.1) is 6.10 Å². The molecule has 29 heavy (non-hydrogen) atoms. The van der Waals surface area contributed by atoms with Gasteiger partial charge < -0.3 is 19.9 Å². The maximum atomic E-state index is 11.6. The van der Waals surface area contributed by atoms with E-state index in [2.05, 4.69) is 34.7 Å². The first kappa shape index (κ1) is 25.2. The molecule has 0 radical (unpaired) electrons. The van der Waals surface area contributed by atoms with Gasteiger partial charge in [0.25, 0.3) is 0 Å². The Bertz CT molecular complexity index is 765. The number of aromatic nitrogens is 1. The maximum Gasteiger partial charge on any atom is 0.250 e. The van der Waals surface area contributed by atoms with E-state index < -0.39 is 0 Å². The first-order valence-electron chi connectivity index (χ1n) is 9.97. The van der Waals surface area contributed by atoms with Crippen molar-refractivity contribution >= 4 is 29.9 Å². The number of hydrogen-bond donors (Lipinski definition) is 2. The van der Waals surface area contributed by atoms with Crippen LogP contribution in [0.15, 0.2) is 64.5 Å². The van der Waals surface area contributed by atoms with E-state index in [1.807, 2.05) is 30.5 Å².